The molecule has 7 rings (SSSR count). The van der Waals surface area contributed by atoms with Gasteiger partial charge < -0.3 is 104 Å². The number of aliphatic hydroxyl groups is 8. The molecule has 0 aliphatic carbocycles. The molecular weight excluding hydrogens is 1370 g/mol. The maximum absolute atomic E-state index is 12.7. The number of amides is 1. The molecule has 2 aromatic rings. The number of methoxy groups -OCH3 is 1. The predicted molar refractivity (Wildman–Crippen MR) is 273 cm³/mol. The van der Waals surface area contributed by atoms with Crippen molar-refractivity contribution in [1.29, 1.82) is 0 Å². The molecule has 5 saturated heterocycles. The van der Waals surface area contributed by atoms with Gasteiger partial charge in [-0.2, -0.15) is 46.8 Å². The summed E-state index contributed by atoms with van der Waals surface area (Å²) >= 11 is 0. The van der Waals surface area contributed by atoms with Crippen molar-refractivity contribution in [2.45, 2.75) is 154 Å². The van der Waals surface area contributed by atoms with Crippen LogP contribution in [0.4, 0.5) is 5.82 Å². The molecule has 24 atom stereocenters. The zero-order valence-electron chi connectivity index (χ0n) is 45.8. The number of fused-ring (bicyclic) bond motifs is 1. The van der Waals surface area contributed by atoms with E-state index in [1.54, 1.807) is 17.9 Å². The van der Waals surface area contributed by atoms with Crippen LogP contribution in [0.25, 0.3) is 11.2 Å². The van der Waals surface area contributed by atoms with E-state index in [-0.39, 0.29) is 6.61 Å². The minimum Gasteiger partial charge on any atom is -0.479 e. The summed E-state index contributed by atoms with van der Waals surface area (Å²) in [7, 11) is -25.9. The van der Waals surface area contributed by atoms with E-state index < -0.39 is 230 Å². The van der Waals surface area contributed by atoms with Crippen LogP contribution in [0.5, 0.6) is 0 Å². The van der Waals surface area contributed by atoms with Crippen molar-refractivity contribution in [1.82, 2.24) is 29.6 Å². The lowest BCUT2D eigenvalue weighted by atomic mass is 9.94. The second kappa shape index (κ2) is 30.0. The highest BCUT2D eigenvalue weighted by Crippen LogP contribution is 2.39. The van der Waals surface area contributed by atoms with Crippen molar-refractivity contribution in [3.05, 3.63) is 12.7 Å². The molecule has 5 aliphatic heterocycles. The Balaban J connectivity index is 0.000000522. The summed E-state index contributed by atoms with van der Waals surface area (Å²) in [5.41, 5.74) is 1.16. The van der Waals surface area contributed by atoms with E-state index in [0.717, 1.165) is 6.92 Å². The average Bonchev–Trinajstić information content (AvgIpc) is 1.42. The number of hydrogen-bond acceptors (Lipinski definition) is 38. The zero-order chi connectivity index (χ0) is 68.4. The van der Waals surface area contributed by atoms with Gasteiger partial charge in [0, 0.05) is 21.1 Å². The van der Waals surface area contributed by atoms with E-state index in [9.17, 15) is 126 Å². The van der Waals surface area contributed by atoms with Gasteiger partial charge in [0.1, 0.15) is 103 Å². The van der Waals surface area contributed by atoms with Crippen LogP contribution in [0.1, 0.15) is 13.2 Å². The molecule has 0 bridgehead atoms. The number of rotatable bonds is 25. The molecule has 1 amide bonds. The number of ether oxygens (including phenoxy) is 9. The predicted octanol–water partition coefficient (Wildman–Crippen LogP) is -11.6. The number of carboxylic acids is 2. The molecule has 91 heavy (non-hydrogen) atoms. The molecule has 53 heteroatoms. The van der Waals surface area contributed by atoms with E-state index in [4.69, 9.17) is 47.2 Å². The van der Waals surface area contributed by atoms with Crippen molar-refractivity contribution in [3.8, 4) is 0 Å². The maximum atomic E-state index is 12.7. The van der Waals surface area contributed by atoms with E-state index in [1.807, 2.05) is 5.32 Å². The number of nitrogens with zero attached hydrogens (tertiary/aromatic N) is 4. The largest absolute Gasteiger partial charge is 0.479 e. The first-order valence-electron chi connectivity index (χ1n) is 25.0. The number of anilines is 1. The molecule has 2 aromatic heterocycles. The molecule has 0 aromatic carbocycles. The Morgan fingerprint density at radius 2 is 1.11 bits per heavy atom. The van der Waals surface area contributed by atoms with E-state index in [0.29, 0.717) is 17.0 Å². The normalized spacial score (nSPS) is 36.9. The van der Waals surface area contributed by atoms with Gasteiger partial charge in [-0.25, -0.2) is 41.3 Å². The second-order valence-corrected chi connectivity index (χ2v) is 24.8. The van der Waals surface area contributed by atoms with Crippen LogP contribution in [-0.4, -0.2) is 328 Å². The summed E-state index contributed by atoms with van der Waals surface area (Å²) in [4.78, 5) is 49.0. The molecule has 0 radical (unpaired) electrons. The SMILES string of the molecule is CC(=O)N[C@@H]1[C@@H](O)[C@H](O[C@@H]2O[C@H](C(=O)O)[C@@H](O[C@@H]3O[C@H](CO)[C@@H](O[C@H]4O[C@@H](C(=O)O)[C@H](O)[C@@H](O)[C@@H]4OS(=O)(=O)O)[C@H](OS(=O)(=O)O)[C@H]3NS(=O)(=O)O)[C@H](O)[C@H]2OS(=O)(=O)O)[C@H](COS(=O)(=O)O)O[C@H]1O.CNc1ncnc2c1ncn2C1OC(CO)C(O)C1OC. The van der Waals surface area contributed by atoms with Gasteiger partial charge in [-0.3, -0.25) is 32.1 Å². The quantitative estimate of drug-likeness (QED) is 0.0411. The van der Waals surface area contributed by atoms with E-state index in [1.165, 1.54) is 18.2 Å². The molecule has 5 fully saturated rings. The van der Waals surface area contributed by atoms with Gasteiger partial charge in [-0.15, -0.1) is 0 Å². The molecule has 0 saturated carbocycles. The number of carbonyl (C=O) groups is 3. The molecule has 18 N–H and O–H groups in total. The highest BCUT2D eigenvalue weighted by Gasteiger charge is 2.60. The smallest absolute Gasteiger partial charge is 0.397 e. The Kier molecular flexibility index (Phi) is 24.9. The summed E-state index contributed by atoms with van der Waals surface area (Å²) in [5, 5.41) is 108. The summed E-state index contributed by atoms with van der Waals surface area (Å²) in [5.74, 6) is -4.89. The van der Waals surface area contributed by atoms with E-state index in [2.05, 4.69) is 37.0 Å². The average molecular weight is 1430 g/mol. The van der Waals surface area contributed by atoms with Crippen LogP contribution in [0.15, 0.2) is 12.7 Å². The number of aromatic nitrogens is 4. The molecule has 7 heterocycles. The standard InChI is InChI=1S/C26H42N2O37S5.C12H17N5O4/c1-4(30)27-7-9(31)13(6(56-23(7)39)3-55-67(43,44)45)58-26-19(65-70(52,53)54)12(34)16(20(62-26)22(37)38)60-24-8(28-66(40,41)42)15(63-68(46,47)48)14(5(2-29)57-24)59-25-18(64-69(49,50)51)11(33)10(32)17(61-25)21(35)36;1-13-10-7-11(15-4-14-10)17(5-16-7)12-9(20-2)8(19)6(3-18)21-12/h5-20,23-26,28-29,31-34,39H,2-3H2,1H3,(H,27,30)(H,35,36)(H,37,38)(H,40,41,42)(H,43,44,45)(H,46,47,48)(H,49,50,51)(H,52,53,54);4-6,8-9,12,18-19H,3H2,1-2H3,(H,13,14,15)/t5-,6+,7-,8-,9-,10-,11-,12+,13-,14-,15-,16+,17-,18+,19-,20+,23-,24+,25+,26-;/m1./s1. The Bertz CT molecular complexity index is 3450. The molecule has 4 unspecified atom stereocenters. The van der Waals surface area contributed by atoms with Crippen molar-refractivity contribution in [2.75, 3.05) is 39.3 Å². The van der Waals surface area contributed by atoms with Gasteiger partial charge in [0.2, 0.25) is 5.91 Å². The lowest BCUT2D eigenvalue weighted by Gasteiger charge is -2.50. The van der Waals surface area contributed by atoms with Crippen LogP contribution in [0.3, 0.4) is 0 Å². The fourth-order valence-electron chi connectivity index (χ4n) is 9.62. The van der Waals surface area contributed by atoms with Crippen LogP contribution in [0, 0.1) is 0 Å². The number of carboxylic acid groups (broad SMARTS) is 2. The first-order valence-corrected chi connectivity index (χ1v) is 31.9. The van der Waals surface area contributed by atoms with Crippen molar-refractivity contribution in [3.63, 3.8) is 0 Å². The van der Waals surface area contributed by atoms with Crippen LogP contribution in [-0.2, 0) is 126 Å². The lowest BCUT2D eigenvalue weighted by Crippen LogP contribution is -2.71. The lowest BCUT2D eigenvalue weighted by molar-refractivity contribution is -0.366. The Hall–Kier alpha value is -4.57. The number of carbonyl (C=O) groups excluding carboxylic acids is 1. The Morgan fingerprint density at radius 1 is 0.571 bits per heavy atom. The van der Waals surface area contributed by atoms with Crippen LogP contribution < -0.4 is 15.4 Å². The van der Waals surface area contributed by atoms with Crippen molar-refractivity contribution >= 4 is 86.7 Å². The molecule has 522 valence electrons. The van der Waals surface area contributed by atoms with Crippen LogP contribution in [0.2, 0.25) is 0 Å². The van der Waals surface area contributed by atoms with E-state index >= 15 is 0 Å². The summed E-state index contributed by atoms with van der Waals surface area (Å²) in [6, 6.07) is -4.96. The third-order valence-corrected chi connectivity index (χ3v) is 15.7. The van der Waals surface area contributed by atoms with Gasteiger partial charge >= 0.3 is 63.8 Å². The third kappa shape index (κ3) is 19.1. The number of imidazole rings is 1. The summed E-state index contributed by atoms with van der Waals surface area (Å²) in [6.07, 6.45) is -49.0. The fourth-order valence-corrected chi connectivity index (χ4v) is 12.0. The van der Waals surface area contributed by atoms with Crippen molar-refractivity contribution < 1.29 is 190 Å². The third-order valence-electron chi connectivity index (χ3n) is 13.3. The Labute approximate surface area is 510 Å². The minimum atomic E-state index is -6.09. The zero-order valence-corrected chi connectivity index (χ0v) is 49.9. The highest BCUT2D eigenvalue weighted by atomic mass is 32.3. The van der Waals surface area contributed by atoms with Gasteiger partial charge in [0.25, 0.3) is 0 Å². The van der Waals surface area contributed by atoms with Gasteiger partial charge in [-0.05, 0) is 0 Å². The maximum Gasteiger partial charge on any atom is 0.397 e. The number of aliphatic carboxylic acids is 2. The molecular formula is C38H59N7O41S5. The topological polar surface area (TPSA) is 725 Å². The molecule has 5 aliphatic rings. The first-order chi connectivity index (χ1) is 42.0. The second-order valence-electron chi connectivity index (χ2n) is 19.3. The monoisotopic (exact) mass is 1430 g/mol. The fraction of sp³-hybridized carbons (Fsp3) is 0.789. The summed E-state index contributed by atoms with van der Waals surface area (Å²) in [6.45, 7) is -2.53. The first kappa shape index (κ1) is 75.5. The molecule has 48 nitrogen and oxygen atoms in total. The summed E-state index contributed by atoms with van der Waals surface area (Å²) < 4.78 is 235. The number of hydrogen-bond donors (Lipinski definition) is 18. The Morgan fingerprint density at radius 3 is 1.62 bits per heavy atom. The van der Waals surface area contributed by atoms with Gasteiger partial charge in [0.15, 0.2) is 67.3 Å². The van der Waals surface area contributed by atoms with Gasteiger partial charge in [0.05, 0.1) is 26.1 Å². The molecule has 0 spiro atoms. The minimum absolute atomic E-state index is 0.291. The van der Waals surface area contributed by atoms with Gasteiger partial charge in [-0.1, -0.05) is 0 Å². The van der Waals surface area contributed by atoms with Crippen LogP contribution >= 0.6 is 0 Å². The highest BCUT2D eigenvalue weighted by molar-refractivity contribution is 7.83. The number of aliphatic hydroxyl groups excluding tert-OH is 8. The van der Waals surface area contributed by atoms with Crippen molar-refractivity contribution in [2.24, 2.45) is 0 Å². The number of nitrogens with one attached hydrogen (secondary N) is 3.